The number of hydrogen-bond donors (Lipinski definition) is 1. The minimum atomic E-state index is -0.673. The first kappa shape index (κ1) is 18.7. The van der Waals surface area contributed by atoms with Gasteiger partial charge in [-0.15, -0.1) is 0 Å². The predicted molar refractivity (Wildman–Crippen MR) is 107 cm³/mol. The zero-order valence-electron chi connectivity index (χ0n) is 15.5. The van der Waals surface area contributed by atoms with Crippen molar-refractivity contribution in [2.45, 2.75) is 6.10 Å². The van der Waals surface area contributed by atoms with E-state index >= 15 is 0 Å². The van der Waals surface area contributed by atoms with Crippen molar-refractivity contribution in [1.29, 1.82) is 0 Å². The number of aliphatic hydroxyl groups is 1. The largest absolute Gasteiger partial charge is 0.489 e. The van der Waals surface area contributed by atoms with Crippen LogP contribution in [0.1, 0.15) is 0 Å². The average Bonchev–Trinajstić information content (AvgIpc) is 2.73. The summed E-state index contributed by atoms with van der Waals surface area (Å²) in [6, 6.07) is 16.6. The van der Waals surface area contributed by atoms with Crippen molar-refractivity contribution in [2.24, 2.45) is 0 Å². The Morgan fingerprint density at radius 2 is 1.75 bits per heavy atom. The number of aliphatic hydroxyl groups excluding tert-OH is 1. The summed E-state index contributed by atoms with van der Waals surface area (Å²) < 4.78 is 16.9. The van der Waals surface area contributed by atoms with E-state index in [9.17, 15) is 9.90 Å². The van der Waals surface area contributed by atoms with Crippen LogP contribution in [0.3, 0.4) is 0 Å². The van der Waals surface area contributed by atoms with Gasteiger partial charge in [0.2, 0.25) is 0 Å². The molecule has 1 fully saturated rings. The van der Waals surface area contributed by atoms with Crippen LogP contribution in [0, 0.1) is 0 Å². The number of ether oxygens (including phenoxy) is 2. The lowest BCUT2D eigenvalue weighted by Crippen LogP contribution is -2.42. The molecule has 1 atom stereocenters. The van der Waals surface area contributed by atoms with Gasteiger partial charge >= 0.3 is 5.63 Å². The Balaban J connectivity index is 1.63. The minimum absolute atomic E-state index is 0.0879. The highest BCUT2D eigenvalue weighted by Crippen LogP contribution is 2.34. The van der Waals surface area contributed by atoms with E-state index in [-0.39, 0.29) is 6.61 Å². The third kappa shape index (κ3) is 4.09. The second-order valence-corrected chi connectivity index (χ2v) is 6.83. The number of fused-ring (bicyclic) bond motifs is 1. The Kier molecular flexibility index (Phi) is 5.71. The maximum Gasteiger partial charge on any atom is 0.347 e. The molecule has 0 spiro atoms. The molecular formula is C22H23NO5. The van der Waals surface area contributed by atoms with E-state index in [1.54, 1.807) is 6.07 Å². The smallest absolute Gasteiger partial charge is 0.347 e. The van der Waals surface area contributed by atoms with Crippen LogP contribution >= 0.6 is 0 Å². The summed E-state index contributed by atoms with van der Waals surface area (Å²) in [6.45, 7) is 3.54. The summed E-state index contributed by atoms with van der Waals surface area (Å²) in [7, 11) is 0. The molecule has 4 rings (SSSR count). The molecule has 146 valence electrons. The first-order chi connectivity index (χ1) is 13.7. The van der Waals surface area contributed by atoms with Gasteiger partial charge in [-0.05, 0) is 17.7 Å². The molecule has 28 heavy (non-hydrogen) atoms. The molecule has 2 aromatic carbocycles. The molecule has 6 nitrogen and oxygen atoms in total. The highest BCUT2D eigenvalue weighted by Gasteiger charge is 2.20. The lowest BCUT2D eigenvalue weighted by atomic mass is 10.0. The van der Waals surface area contributed by atoms with Crippen LogP contribution in [0.15, 0.2) is 63.8 Å². The first-order valence-electron chi connectivity index (χ1n) is 9.44. The summed E-state index contributed by atoms with van der Waals surface area (Å²) in [5.41, 5.74) is 1.10. The molecule has 1 aromatic heterocycles. The number of benzene rings is 2. The van der Waals surface area contributed by atoms with Gasteiger partial charge in [0, 0.05) is 19.6 Å². The van der Waals surface area contributed by atoms with E-state index in [0.29, 0.717) is 42.0 Å². The van der Waals surface area contributed by atoms with Crippen molar-refractivity contribution in [3.63, 3.8) is 0 Å². The van der Waals surface area contributed by atoms with Crippen LogP contribution in [-0.2, 0) is 4.74 Å². The van der Waals surface area contributed by atoms with Crippen LogP contribution in [0.2, 0.25) is 0 Å². The third-order valence-electron chi connectivity index (χ3n) is 4.82. The Morgan fingerprint density at radius 3 is 2.54 bits per heavy atom. The average molecular weight is 381 g/mol. The third-order valence-corrected chi connectivity index (χ3v) is 4.82. The van der Waals surface area contributed by atoms with E-state index in [2.05, 4.69) is 4.90 Å². The summed E-state index contributed by atoms with van der Waals surface area (Å²) in [4.78, 5) is 14.8. The number of rotatable bonds is 6. The lowest BCUT2D eigenvalue weighted by molar-refractivity contribution is 0.00481. The highest BCUT2D eigenvalue weighted by atomic mass is 16.5. The lowest BCUT2D eigenvalue weighted by Gasteiger charge is -2.28. The Labute approximate surface area is 162 Å². The van der Waals surface area contributed by atoms with Crippen LogP contribution in [-0.4, -0.2) is 55.6 Å². The molecule has 1 aliphatic rings. The molecule has 2 heterocycles. The summed E-state index contributed by atoms with van der Waals surface area (Å²) in [5.74, 6) is 0.444. The van der Waals surface area contributed by atoms with Crippen molar-refractivity contribution >= 4 is 11.0 Å². The van der Waals surface area contributed by atoms with Crippen molar-refractivity contribution in [1.82, 2.24) is 4.90 Å². The van der Waals surface area contributed by atoms with Gasteiger partial charge in [-0.1, -0.05) is 42.5 Å². The van der Waals surface area contributed by atoms with E-state index < -0.39 is 11.7 Å². The van der Waals surface area contributed by atoms with Crippen LogP contribution in [0.5, 0.6) is 5.75 Å². The predicted octanol–water partition coefficient (Wildman–Crippen LogP) is 2.53. The first-order valence-corrected chi connectivity index (χ1v) is 9.44. The molecule has 1 unspecified atom stereocenters. The topological polar surface area (TPSA) is 72.1 Å². The molecule has 6 heteroatoms. The minimum Gasteiger partial charge on any atom is -0.489 e. The van der Waals surface area contributed by atoms with Crippen LogP contribution in [0.25, 0.3) is 22.1 Å². The van der Waals surface area contributed by atoms with Gasteiger partial charge in [-0.2, -0.15) is 0 Å². The molecule has 0 aliphatic carbocycles. The van der Waals surface area contributed by atoms with Crippen molar-refractivity contribution < 1.29 is 19.0 Å². The number of para-hydroxylation sites is 1. The van der Waals surface area contributed by atoms with E-state index in [1.165, 1.54) is 0 Å². The molecule has 0 amide bonds. The van der Waals surface area contributed by atoms with Crippen molar-refractivity contribution in [2.75, 3.05) is 39.5 Å². The van der Waals surface area contributed by atoms with Gasteiger partial charge in [0.1, 0.15) is 29.6 Å². The van der Waals surface area contributed by atoms with Crippen molar-refractivity contribution in [3.8, 4) is 16.9 Å². The number of β-amino-alcohol motifs (C(OH)–C–C–N with tert-alkyl or cyclic N) is 1. The maximum atomic E-state index is 12.7. The van der Waals surface area contributed by atoms with E-state index in [1.807, 2.05) is 48.5 Å². The molecule has 0 radical (unpaired) electrons. The fourth-order valence-corrected chi connectivity index (χ4v) is 3.44. The van der Waals surface area contributed by atoms with E-state index in [4.69, 9.17) is 13.9 Å². The van der Waals surface area contributed by atoms with Gasteiger partial charge in [-0.25, -0.2) is 4.79 Å². The molecule has 1 N–H and O–H groups in total. The Bertz CT molecular complexity index is 979. The quantitative estimate of drug-likeness (QED) is 0.662. The van der Waals surface area contributed by atoms with Gasteiger partial charge in [0.05, 0.1) is 18.6 Å². The molecular weight excluding hydrogens is 358 g/mol. The van der Waals surface area contributed by atoms with Gasteiger partial charge < -0.3 is 19.0 Å². The maximum absolute atomic E-state index is 12.7. The number of morpholine rings is 1. The molecule has 3 aromatic rings. The molecule has 1 aliphatic heterocycles. The van der Waals surface area contributed by atoms with Crippen LogP contribution in [0.4, 0.5) is 0 Å². The SMILES string of the molecule is O=c1oc2ccccc2c(OCC(O)CN2CCOCC2)c1-c1ccccc1. The van der Waals surface area contributed by atoms with Gasteiger partial charge in [-0.3, -0.25) is 4.90 Å². The fourth-order valence-electron chi connectivity index (χ4n) is 3.44. The highest BCUT2D eigenvalue weighted by molar-refractivity contribution is 5.90. The number of hydrogen-bond acceptors (Lipinski definition) is 6. The zero-order chi connectivity index (χ0) is 19.3. The normalized spacial score (nSPS) is 16.2. The zero-order valence-corrected chi connectivity index (χ0v) is 15.5. The summed E-state index contributed by atoms with van der Waals surface area (Å²) in [5, 5.41) is 11.2. The Morgan fingerprint density at radius 1 is 1.04 bits per heavy atom. The second kappa shape index (κ2) is 8.56. The molecule has 0 saturated carbocycles. The monoisotopic (exact) mass is 381 g/mol. The molecule has 1 saturated heterocycles. The van der Waals surface area contributed by atoms with Gasteiger partial charge in [0.25, 0.3) is 0 Å². The van der Waals surface area contributed by atoms with E-state index in [0.717, 1.165) is 18.7 Å². The standard InChI is InChI=1S/C22H23NO5/c24-17(14-23-10-12-26-13-11-23)15-27-21-18-8-4-5-9-19(18)28-22(25)20(21)16-6-2-1-3-7-16/h1-9,17,24H,10-15H2. The fraction of sp³-hybridized carbons (Fsp3) is 0.318. The number of nitrogens with zero attached hydrogens (tertiary/aromatic N) is 1. The summed E-state index contributed by atoms with van der Waals surface area (Å²) >= 11 is 0. The van der Waals surface area contributed by atoms with Crippen LogP contribution < -0.4 is 10.4 Å². The van der Waals surface area contributed by atoms with Crippen molar-refractivity contribution in [3.05, 3.63) is 65.0 Å². The van der Waals surface area contributed by atoms with Gasteiger partial charge in [0.15, 0.2) is 0 Å². The Hall–Kier alpha value is -2.67. The summed E-state index contributed by atoms with van der Waals surface area (Å²) in [6.07, 6.45) is -0.673. The second-order valence-electron chi connectivity index (χ2n) is 6.83. The molecule has 0 bridgehead atoms.